The van der Waals surface area contributed by atoms with Crippen LogP contribution in [0.15, 0.2) is 10.7 Å². The summed E-state index contributed by atoms with van der Waals surface area (Å²) in [6.45, 7) is 0. The van der Waals surface area contributed by atoms with Gasteiger partial charge in [-0.2, -0.15) is 5.26 Å². The van der Waals surface area contributed by atoms with Gasteiger partial charge in [0.2, 0.25) is 0 Å². The first kappa shape index (κ1) is 5.63. The van der Waals surface area contributed by atoms with Crippen molar-refractivity contribution in [2.24, 2.45) is 0 Å². The van der Waals surface area contributed by atoms with E-state index in [2.05, 4.69) is 14.4 Å². The maximum Gasteiger partial charge on any atom is 0.329 e. The molecular weight excluding hydrogens is 120 g/mol. The number of nitriles is 1. The van der Waals surface area contributed by atoms with Crippen molar-refractivity contribution in [1.82, 2.24) is 5.16 Å². The Balaban J connectivity index is 3.02. The van der Waals surface area contributed by atoms with Gasteiger partial charge in [0, 0.05) is 0 Å². The molecule has 4 nitrogen and oxygen atoms in total. The van der Waals surface area contributed by atoms with Crippen LogP contribution in [0.3, 0.4) is 0 Å². The molecule has 0 saturated carbocycles. The van der Waals surface area contributed by atoms with Crippen LogP contribution in [0.25, 0.3) is 0 Å². The van der Waals surface area contributed by atoms with Crippen LogP contribution in [0.2, 0.25) is 0 Å². The number of nitrogens with zero attached hydrogens (tertiary/aromatic N) is 2. The Labute approximate surface area is 51.6 Å². The molecule has 0 saturated heterocycles. The number of hydrogen-bond acceptors (Lipinski definition) is 4. The van der Waals surface area contributed by atoms with Crippen LogP contribution in [-0.4, -0.2) is 12.3 Å². The summed E-state index contributed by atoms with van der Waals surface area (Å²) in [4.78, 5) is 0. The Kier molecular flexibility index (Phi) is 1.36. The van der Waals surface area contributed by atoms with Crippen molar-refractivity contribution < 1.29 is 9.26 Å². The molecule has 9 heavy (non-hydrogen) atoms. The van der Waals surface area contributed by atoms with E-state index in [1.807, 2.05) is 6.07 Å². The van der Waals surface area contributed by atoms with Crippen molar-refractivity contribution in [2.75, 3.05) is 7.11 Å². The zero-order valence-corrected chi connectivity index (χ0v) is 4.79. The lowest BCUT2D eigenvalue weighted by atomic mass is 10.4. The second kappa shape index (κ2) is 2.18. The van der Waals surface area contributed by atoms with Crippen molar-refractivity contribution in [2.45, 2.75) is 0 Å². The molecule has 46 valence electrons. The average molecular weight is 124 g/mol. The quantitative estimate of drug-likeness (QED) is 0.548. The Morgan fingerprint density at radius 2 is 2.67 bits per heavy atom. The van der Waals surface area contributed by atoms with Crippen LogP contribution < -0.4 is 4.74 Å². The molecule has 0 fully saturated rings. The van der Waals surface area contributed by atoms with Crippen molar-refractivity contribution in [1.29, 1.82) is 5.26 Å². The second-order valence-electron chi connectivity index (χ2n) is 1.34. The van der Waals surface area contributed by atoms with Crippen molar-refractivity contribution in [3.05, 3.63) is 11.8 Å². The molecule has 0 aromatic carbocycles. The number of methoxy groups -OCH3 is 1. The van der Waals surface area contributed by atoms with E-state index in [0.717, 1.165) is 0 Å². The monoisotopic (exact) mass is 124 g/mol. The van der Waals surface area contributed by atoms with E-state index in [-0.39, 0.29) is 5.95 Å². The molecule has 0 aliphatic carbocycles. The maximum absolute atomic E-state index is 8.31. The highest BCUT2D eigenvalue weighted by Crippen LogP contribution is 2.13. The van der Waals surface area contributed by atoms with Gasteiger partial charge in [0.05, 0.1) is 13.3 Å². The summed E-state index contributed by atoms with van der Waals surface area (Å²) in [5.74, 6) is 0.164. The number of rotatable bonds is 1. The van der Waals surface area contributed by atoms with E-state index < -0.39 is 0 Å². The van der Waals surface area contributed by atoms with Gasteiger partial charge in [-0.3, -0.25) is 0 Å². The van der Waals surface area contributed by atoms with Crippen molar-refractivity contribution in [3.63, 3.8) is 0 Å². The van der Waals surface area contributed by atoms with E-state index in [9.17, 15) is 0 Å². The third-order valence-corrected chi connectivity index (χ3v) is 0.843. The van der Waals surface area contributed by atoms with Gasteiger partial charge in [-0.15, -0.1) is 0 Å². The Morgan fingerprint density at radius 3 is 3.11 bits per heavy atom. The first-order valence-electron chi connectivity index (χ1n) is 2.27. The molecule has 0 atom stereocenters. The molecule has 0 N–H and O–H groups in total. The number of hydrogen-bond donors (Lipinski definition) is 0. The van der Waals surface area contributed by atoms with Crippen molar-refractivity contribution in [3.8, 4) is 12.0 Å². The second-order valence-corrected chi connectivity index (χ2v) is 1.34. The molecular formula is C5H4N2O2. The molecule has 4 heteroatoms. The summed E-state index contributed by atoms with van der Waals surface area (Å²) in [6, 6.07) is 1.85. The average Bonchev–Trinajstić information content (AvgIpc) is 2.33. The Bertz CT molecular complexity index is 235. The summed E-state index contributed by atoms with van der Waals surface area (Å²) < 4.78 is 9.13. The van der Waals surface area contributed by atoms with Gasteiger partial charge < -0.3 is 9.26 Å². The number of ether oxygens (including phenoxy) is 1. The molecule has 0 amide bonds. The van der Waals surface area contributed by atoms with Crippen LogP contribution in [0.5, 0.6) is 5.95 Å². The molecule has 0 bridgehead atoms. The maximum atomic E-state index is 8.31. The smallest absolute Gasteiger partial charge is 0.329 e. The topological polar surface area (TPSA) is 59.1 Å². The van der Waals surface area contributed by atoms with Gasteiger partial charge in [0.15, 0.2) is 5.56 Å². The molecule has 0 spiro atoms. The molecule has 1 rings (SSSR count). The van der Waals surface area contributed by atoms with Crippen LogP contribution in [0.1, 0.15) is 5.56 Å². The minimum absolute atomic E-state index is 0.164. The largest absolute Gasteiger partial charge is 0.466 e. The van der Waals surface area contributed by atoms with Crippen LogP contribution in [0, 0.1) is 11.3 Å². The Morgan fingerprint density at radius 1 is 1.89 bits per heavy atom. The summed E-state index contributed by atoms with van der Waals surface area (Å²) in [6.07, 6.45) is 1.30. The highest BCUT2D eigenvalue weighted by atomic mass is 16.6. The third-order valence-electron chi connectivity index (χ3n) is 0.843. The fraction of sp³-hybridized carbons (Fsp3) is 0.200. The minimum atomic E-state index is 0.164. The zero-order chi connectivity index (χ0) is 6.69. The molecule has 0 aliphatic heterocycles. The lowest BCUT2D eigenvalue weighted by Crippen LogP contribution is -1.80. The van der Waals surface area contributed by atoms with E-state index in [4.69, 9.17) is 5.26 Å². The first-order valence-corrected chi connectivity index (χ1v) is 2.27. The van der Waals surface area contributed by atoms with Crippen LogP contribution in [0.4, 0.5) is 0 Å². The van der Waals surface area contributed by atoms with E-state index in [1.54, 1.807) is 0 Å². The lowest BCUT2D eigenvalue weighted by molar-refractivity contribution is 0.260. The summed E-state index contributed by atoms with van der Waals surface area (Å²) in [7, 11) is 1.42. The van der Waals surface area contributed by atoms with Gasteiger partial charge >= 0.3 is 5.95 Å². The third kappa shape index (κ3) is 0.842. The molecule has 1 aromatic heterocycles. The molecule has 1 aromatic rings. The highest BCUT2D eigenvalue weighted by Gasteiger charge is 2.04. The zero-order valence-electron chi connectivity index (χ0n) is 4.79. The molecule has 0 radical (unpaired) electrons. The lowest BCUT2D eigenvalue weighted by Gasteiger charge is -1.86. The van der Waals surface area contributed by atoms with E-state index in [0.29, 0.717) is 5.56 Å². The number of aromatic nitrogens is 1. The minimum Gasteiger partial charge on any atom is -0.466 e. The van der Waals surface area contributed by atoms with Gasteiger partial charge in [-0.1, -0.05) is 5.16 Å². The SMILES string of the molecule is COc1oncc1C#N. The molecule has 1 heterocycles. The predicted molar refractivity (Wildman–Crippen MR) is 27.8 cm³/mol. The fourth-order valence-corrected chi connectivity index (χ4v) is 0.451. The summed E-state index contributed by atoms with van der Waals surface area (Å²) in [5, 5.41) is 11.6. The van der Waals surface area contributed by atoms with E-state index in [1.165, 1.54) is 13.3 Å². The normalized spacial score (nSPS) is 8.44. The fourth-order valence-electron chi connectivity index (χ4n) is 0.451. The van der Waals surface area contributed by atoms with Gasteiger partial charge in [0.1, 0.15) is 6.07 Å². The van der Waals surface area contributed by atoms with Gasteiger partial charge in [-0.05, 0) is 0 Å². The summed E-state index contributed by atoms with van der Waals surface area (Å²) in [5.41, 5.74) is 0.317. The van der Waals surface area contributed by atoms with E-state index >= 15 is 0 Å². The van der Waals surface area contributed by atoms with Crippen LogP contribution in [-0.2, 0) is 0 Å². The standard InChI is InChI=1S/C5H4N2O2/c1-8-5-4(2-6)3-7-9-5/h3H,1H3. The van der Waals surface area contributed by atoms with Crippen LogP contribution >= 0.6 is 0 Å². The highest BCUT2D eigenvalue weighted by molar-refractivity contribution is 5.32. The van der Waals surface area contributed by atoms with Gasteiger partial charge in [-0.25, -0.2) is 0 Å². The van der Waals surface area contributed by atoms with Crippen molar-refractivity contribution >= 4 is 0 Å². The first-order chi connectivity index (χ1) is 4.38. The molecule has 0 aliphatic rings. The van der Waals surface area contributed by atoms with Gasteiger partial charge in [0.25, 0.3) is 0 Å². The summed E-state index contributed by atoms with van der Waals surface area (Å²) >= 11 is 0. The predicted octanol–water partition coefficient (Wildman–Crippen LogP) is 0.555. The Hall–Kier alpha value is -1.50. The molecule has 0 unspecified atom stereocenters.